The maximum Gasteiger partial charge on any atom is 0.258 e. The van der Waals surface area contributed by atoms with Crippen LogP contribution in [-0.2, 0) is 6.42 Å². The molecule has 7 heteroatoms. The van der Waals surface area contributed by atoms with E-state index in [0.29, 0.717) is 18.7 Å². The van der Waals surface area contributed by atoms with Gasteiger partial charge in [0.15, 0.2) is 5.11 Å². The number of hydrogen-bond donors (Lipinski definition) is 2. The zero-order chi connectivity index (χ0) is 20.8. The quantitative estimate of drug-likeness (QED) is 0.586. The van der Waals surface area contributed by atoms with E-state index >= 15 is 0 Å². The van der Waals surface area contributed by atoms with Crippen molar-refractivity contribution in [3.8, 4) is 0 Å². The fraction of sp³-hybridized carbons (Fsp3) is 0.0909. The minimum atomic E-state index is -0.585. The van der Waals surface area contributed by atoms with Crippen LogP contribution in [0.5, 0.6) is 0 Å². The van der Waals surface area contributed by atoms with Gasteiger partial charge in [-0.25, -0.2) is 8.78 Å². The number of carbonyl (C=O) groups excluding carboxylic acids is 1. The first kappa shape index (κ1) is 20.4. The highest BCUT2D eigenvalue weighted by molar-refractivity contribution is 7.80. The molecule has 1 amide bonds. The van der Waals surface area contributed by atoms with E-state index in [4.69, 9.17) is 18.0 Å². The average Bonchev–Trinajstić information content (AvgIpc) is 2.69. The predicted molar refractivity (Wildman–Crippen MR) is 115 cm³/mol. The van der Waals surface area contributed by atoms with Gasteiger partial charge in [-0.05, 0) is 72.7 Å². The Balaban J connectivity index is 1.68. The molecule has 3 rings (SSSR count). The zero-order valence-corrected chi connectivity index (χ0v) is 16.3. The highest BCUT2D eigenvalue weighted by atomic mass is 32.1. The van der Waals surface area contributed by atoms with Crippen molar-refractivity contribution in [1.82, 2.24) is 0 Å². The van der Waals surface area contributed by atoms with Gasteiger partial charge in [0.25, 0.3) is 5.91 Å². The second-order valence-corrected chi connectivity index (χ2v) is 6.77. The molecular weight excluding hydrogens is 392 g/mol. The van der Waals surface area contributed by atoms with Crippen molar-refractivity contribution in [3.63, 3.8) is 0 Å². The summed E-state index contributed by atoms with van der Waals surface area (Å²) in [6.07, 6.45) is 0.556. The fourth-order valence-corrected chi connectivity index (χ4v) is 3.07. The number of nitrogens with zero attached hydrogens (tertiary/aromatic N) is 1. The molecule has 0 unspecified atom stereocenters. The van der Waals surface area contributed by atoms with Crippen LogP contribution in [0, 0.1) is 11.6 Å². The summed E-state index contributed by atoms with van der Waals surface area (Å²) in [6, 6.07) is 19.0. The molecular formula is C22H19F2N3OS. The van der Waals surface area contributed by atoms with E-state index in [1.54, 1.807) is 41.3 Å². The van der Waals surface area contributed by atoms with E-state index in [-0.39, 0.29) is 16.5 Å². The molecule has 0 aromatic heterocycles. The van der Waals surface area contributed by atoms with Gasteiger partial charge in [0.2, 0.25) is 0 Å². The Hall–Kier alpha value is -3.32. The molecule has 0 atom stereocenters. The van der Waals surface area contributed by atoms with Gasteiger partial charge in [-0.2, -0.15) is 0 Å². The number of rotatable bonds is 6. The highest BCUT2D eigenvalue weighted by Crippen LogP contribution is 2.20. The monoisotopic (exact) mass is 411 g/mol. The molecule has 0 saturated carbocycles. The first-order valence-corrected chi connectivity index (χ1v) is 9.32. The van der Waals surface area contributed by atoms with Crippen LogP contribution in [0.25, 0.3) is 0 Å². The number of nitrogens with two attached hydrogens (primary N) is 1. The first-order valence-electron chi connectivity index (χ1n) is 8.91. The van der Waals surface area contributed by atoms with Gasteiger partial charge >= 0.3 is 0 Å². The second kappa shape index (κ2) is 9.25. The van der Waals surface area contributed by atoms with Crippen LogP contribution in [0.1, 0.15) is 15.9 Å². The zero-order valence-electron chi connectivity index (χ0n) is 15.4. The number of anilines is 2. The number of halogens is 2. The smallest absolute Gasteiger partial charge is 0.258 e. The molecule has 0 aliphatic carbocycles. The lowest BCUT2D eigenvalue weighted by molar-refractivity contribution is 0.102. The lowest BCUT2D eigenvalue weighted by Gasteiger charge is -2.23. The summed E-state index contributed by atoms with van der Waals surface area (Å²) >= 11 is 5.14. The molecule has 148 valence electrons. The van der Waals surface area contributed by atoms with Gasteiger partial charge in [0, 0.05) is 17.9 Å². The maximum absolute atomic E-state index is 13.7. The maximum atomic E-state index is 13.7. The molecule has 0 spiro atoms. The lowest BCUT2D eigenvalue weighted by Crippen LogP contribution is -2.37. The highest BCUT2D eigenvalue weighted by Gasteiger charge is 2.13. The molecule has 0 aliphatic rings. The number of hydrogen-bond acceptors (Lipinski definition) is 2. The largest absolute Gasteiger partial charge is 0.376 e. The van der Waals surface area contributed by atoms with Crippen molar-refractivity contribution in [2.75, 3.05) is 16.8 Å². The van der Waals surface area contributed by atoms with Gasteiger partial charge < -0.3 is 16.0 Å². The van der Waals surface area contributed by atoms with Gasteiger partial charge in [0.1, 0.15) is 11.6 Å². The SMILES string of the molecule is NC(=S)N(CCc1cccc(F)c1)c1ccc(NC(=O)c2ccccc2F)cc1. The van der Waals surface area contributed by atoms with Crippen LogP contribution in [-0.4, -0.2) is 17.6 Å². The Bertz CT molecular complexity index is 1020. The summed E-state index contributed by atoms with van der Waals surface area (Å²) in [5, 5.41) is 2.84. The predicted octanol–water partition coefficient (Wildman–Crippen LogP) is 4.51. The van der Waals surface area contributed by atoms with Gasteiger partial charge in [-0.15, -0.1) is 0 Å². The van der Waals surface area contributed by atoms with E-state index in [1.165, 1.54) is 30.3 Å². The summed E-state index contributed by atoms with van der Waals surface area (Å²) in [5.74, 6) is -1.41. The Morgan fingerprint density at radius 2 is 1.72 bits per heavy atom. The first-order chi connectivity index (χ1) is 13.9. The molecule has 4 nitrogen and oxygen atoms in total. The normalized spacial score (nSPS) is 10.4. The number of carbonyl (C=O) groups is 1. The lowest BCUT2D eigenvalue weighted by atomic mass is 10.1. The molecule has 0 bridgehead atoms. The number of thiocarbonyl (C=S) groups is 1. The molecule has 3 aromatic carbocycles. The number of amides is 1. The van der Waals surface area contributed by atoms with Crippen molar-refractivity contribution < 1.29 is 13.6 Å². The van der Waals surface area contributed by atoms with Gasteiger partial charge in [-0.1, -0.05) is 24.3 Å². The van der Waals surface area contributed by atoms with Crippen LogP contribution in [0.15, 0.2) is 72.8 Å². The van der Waals surface area contributed by atoms with Crippen molar-refractivity contribution in [2.45, 2.75) is 6.42 Å². The Morgan fingerprint density at radius 3 is 2.38 bits per heavy atom. The van der Waals surface area contributed by atoms with E-state index in [1.807, 2.05) is 6.07 Å². The van der Waals surface area contributed by atoms with E-state index < -0.39 is 11.7 Å². The molecule has 0 radical (unpaired) electrons. The van der Waals surface area contributed by atoms with E-state index in [9.17, 15) is 13.6 Å². The molecule has 0 aliphatic heterocycles. The third-order valence-corrected chi connectivity index (χ3v) is 4.55. The Morgan fingerprint density at radius 1 is 1.00 bits per heavy atom. The molecule has 3 aromatic rings. The van der Waals surface area contributed by atoms with E-state index in [2.05, 4.69) is 5.32 Å². The van der Waals surface area contributed by atoms with Crippen LogP contribution in [0.4, 0.5) is 20.2 Å². The summed E-state index contributed by atoms with van der Waals surface area (Å²) in [5.41, 5.74) is 7.89. The van der Waals surface area contributed by atoms with Crippen LogP contribution in [0.3, 0.4) is 0 Å². The van der Waals surface area contributed by atoms with Crippen LogP contribution in [0.2, 0.25) is 0 Å². The second-order valence-electron chi connectivity index (χ2n) is 6.35. The molecule has 29 heavy (non-hydrogen) atoms. The minimum Gasteiger partial charge on any atom is -0.376 e. The minimum absolute atomic E-state index is 0.0311. The summed E-state index contributed by atoms with van der Waals surface area (Å²) in [7, 11) is 0. The van der Waals surface area contributed by atoms with Gasteiger partial charge in [0.05, 0.1) is 5.56 Å². The summed E-state index contributed by atoms with van der Waals surface area (Å²) < 4.78 is 27.1. The van der Waals surface area contributed by atoms with E-state index in [0.717, 1.165) is 11.3 Å². The molecule has 0 saturated heterocycles. The molecule has 0 heterocycles. The Kier molecular flexibility index (Phi) is 6.51. The fourth-order valence-electron chi connectivity index (χ4n) is 2.87. The molecule has 3 N–H and O–H groups in total. The van der Waals surface area contributed by atoms with Crippen molar-refractivity contribution >= 4 is 34.6 Å². The third-order valence-electron chi connectivity index (χ3n) is 4.33. The summed E-state index contributed by atoms with van der Waals surface area (Å²) in [6.45, 7) is 0.472. The average molecular weight is 411 g/mol. The molecule has 0 fully saturated rings. The van der Waals surface area contributed by atoms with Crippen molar-refractivity contribution in [2.24, 2.45) is 5.73 Å². The number of nitrogens with one attached hydrogen (secondary N) is 1. The standard InChI is InChI=1S/C22H19F2N3OS/c23-16-5-3-4-15(14-16)12-13-27(22(25)29)18-10-8-17(9-11-18)26-21(28)19-6-1-2-7-20(19)24/h1-11,14H,12-13H2,(H2,25,29)(H,26,28). The van der Waals surface area contributed by atoms with Crippen molar-refractivity contribution in [3.05, 3.63) is 95.6 Å². The topological polar surface area (TPSA) is 58.4 Å². The van der Waals surface area contributed by atoms with Gasteiger partial charge in [-0.3, -0.25) is 4.79 Å². The third kappa shape index (κ3) is 5.36. The van der Waals surface area contributed by atoms with Crippen LogP contribution >= 0.6 is 12.2 Å². The summed E-state index contributed by atoms with van der Waals surface area (Å²) in [4.78, 5) is 13.9. The van der Waals surface area contributed by atoms with Crippen LogP contribution < -0.4 is 16.0 Å². The number of benzene rings is 3. The Labute approximate surface area is 173 Å². The van der Waals surface area contributed by atoms with Crippen molar-refractivity contribution in [1.29, 1.82) is 0 Å².